The molecule has 1 aliphatic heterocycles. The second-order valence-electron chi connectivity index (χ2n) is 5.45. The van der Waals surface area contributed by atoms with Crippen molar-refractivity contribution in [1.82, 2.24) is 10.2 Å². The summed E-state index contributed by atoms with van der Waals surface area (Å²) in [4.78, 5) is 25.4. The maximum Gasteiger partial charge on any atom is 0.225 e. The number of nitrogens with zero attached hydrogens (tertiary/aromatic N) is 1. The molecule has 1 N–H and O–H groups in total. The predicted octanol–water partition coefficient (Wildman–Crippen LogP) is 1.87. The standard InChI is InChI=1S/C16H22N2O2/c1-12-6-3-4-7-14(12)10-17-16(20)15-8-5-9-18(11-15)13(2)19/h3-4,6-7,15H,5,8-11H2,1-2H3,(H,17,20)/t15-/m1/s1. The number of benzene rings is 1. The Labute approximate surface area is 120 Å². The molecule has 0 aliphatic carbocycles. The Kier molecular flexibility index (Phi) is 4.77. The van der Waals surface area contributed by atoms with Crippen LogP contribution in [0.4, 0.5) is 0 Å². The first-order chi connectivity index (χ1) is 9.58. The summed E-state index contributed by atoms with van der Waals surface area (Å²) in [6, 6.07) is 8.04. The van der Waals surface area contributed by atoms with Crippen LogP contribution in [-0.2, 0) is 16.1 Å². The minimum atomic E-state index is -0.0725. The zero-order valence-electron chi connectivity index (χ0n) is 12.2. The van der Waals surface area contributed by atoms with Crippen molar-refractivity contribution in [3.63, 3.8) is 0 Å². The minimum absolute atomic E-state index is 0.0548. The van der Waals surface area contributed by atoms with Crippen molar-refractivity contribution in [1.29, 1.82) is 0 Å². The van der Waals surface area contributed by atoms with E-state index < -0.39 is 0 Å². The Morgan fingerprint density at radius 3 is 2.80 bits per heavy atom. The molecule has 108 valence electrons. The number of rotatable bonds is 3. The van der Waals surface area contributed by atoms with Crippen molar-refractivity contribution in [3.05, 3.63) is 35.4 Å². The van der Waals surface area contributed by atoms with Crippen LogP contribution in [0, 0.1) is 12.8 Å². The summed E-state index contributed by atoms with van der Waals surface area (Å²) in [5.74, 6) is 0.0391. The third-order valence-electron chi connectivity index (χ3n) is 3.95. The largest absolute Gasteiger partial charge is 0.352 e. The summed E-state index contributed by atoms with van der Waals surface area (Å²) in [7, 11) is 0. The lowest BCUT2D eigenvalue weighted by Gasteiger charge is -2.31. The monoisotopic (exact) mass is 274 g/mol. The van der Waals surface area contributed by atoms with Crippen molar-refractivity contribution in [2.24, 2.45) is 5.92 Å². The number of likely N-dealkylation sites (tertiary alicyclic amines) is 1. The number of amides is 2. The third-order valence-corrected chi connectivity index (χ3v) is 3.95. The van der Waals surface area contributed by atoms with E-state index in [-0.39, 0.29) is 17.7 Å². The van der Waals surface area contributed by atoms with Crippen LogP contribution in [0.5, 0.6) is 0 Å². The highest BCUT2D eigenvalue weighted by Gasteiger charge is 2.26. The van der Waals surface area contributed by atoms with E-state index >= 15 is 0 Å². The summed E-state index contributed by atoms with van der Waals surface area (Å²) in [6.07, 6.45) is 1.77. The van der Waals surface area contributed by atoms with Gasteiger partial charge in [-0.25, -0.2) is 0 Å². The molecule has 4 nitrogen and oxygen atoms in total. The molecule has 1 aliphatic rings. The SMILES string of the molecule is CC(=O)N1CCC[C@@H](C(=O)NCc2ccccc2C)C1. The van der Waals surface area contributed by atoms with Gasteiger partial charge in [-0.3, -0.25) is 9.59 Å². The third kappa shape index (κ3) is 3.59. The molecule has 0 bridgehead atoms. The van der Waals surface area contributed by atoms with E-state index in [1.54, 1.807) is 11.8 Å². The van der Waals surface area contributed by atoms with Crippen LogP contribution in [0.25, 0.3) is 0 Å². The fourth-order valence-electron chi connectivity index (χ4n) is 2.61. The summed E-state index contributed by atoms with van der Waals surface area (Å²) in [5.41, 5.74) is 2.32. The topological polar surface area (TPSA) is 49.4 Å². The fourth-order valence-corrected chi connectivity index (χ4v) is 2.61. The molecule has 2 rings (SSSR count). The van der Waals surface area contributed by atoms with Crippen molar-refractivity contribution >= 4 is 11.8 Å². The summed E-state index contributed by atoms with van der Waals surface area (Å²) in [5, 5.41) is 2.99. The summed E-state index contributed by atoms with van der Waals surface area (Å²) in [6.45, 7) is 5.49. The van der Waals surface area contributed by atoms with Gasteiger partial charge in [0.25, 0.3) is 0 Å². The lowest BCUT2D eigenvalue weighted by atomic mass is 9.97. The van der Waals surface area contributed by atoms with Crippen LogP contribution in [-0.4, -0.2) is 29.8 Å². The first-order valence-corrected chi connectivity index (χ1v) is 7.15. The van der Waals surface area contributed by atoms with Crippen molar-refractivity contribution in [2.75, 3.05) is 13.1 Å². The molecule has 4 heteroatoms. The van der Waals surface area contributed by atoms with E-state index in [1.165, 1.54) is 5.56 Å². The van der Waals surface area contributed by atoms with Gasteiger partial charge in [-0.2, -0.15) is 0 Å². The van der Waals surface area contributed by atoms with Crippen LogP contribution in [0.1, 0.15) is 30.9 Å². The highest BCUT2D eigenvalue weighted by molar-refractivity contribution is 5.80. The van der Waals surface area contributed by atoms with Crippen molar-refractivity contribution in [3.8, 4) is 0 Å². The lowest BCUT2D eigenvalue weighted by Crippen LogP contribution is -2.44. The second-order valence-corrected chi connectivity index (χ2v) is 5.45. The van der Waals surface area contributed by atoms with Gasteiger partial charge in [0, 0.05) is 26.6 Å². The molecule has 20 heavy (non-hydrogen) atoms. The van der Waals surface area contributed by atoms with Gasteiger partial charge in [-0.05, 0) is 30.9 Å². The van der Waals surface area contributed by atoms with Crippen LogP contribution in [0.3, 0.4) is 0 Å². The number of carbonyl (C=O) groups is 2. The Morgan fingerprint density at radius 2 is 2.10 bits per heavy atom. The highest BCUT2D eigenvalue weighted by atomic mass is 16.2. The zero-order valence-corrected chi connectivity index (χ0v) is 12.2. The number of piperidine rings is 1. The molecule has 0 saturated carbocycles. The van der Waals surface area contributed by atoms with E-state index in [4.69, 9.17) is 0 Å². The average molecular weight is 274 g/mol. The molecular weight excluding hydrogens is 252 g/mol. The number of hydrogen-bond acceptors (Lipinski definition) is 2. The second kappa shape index (κ2) is 6.55. The number of nitrogens with one attached hydrogen (secondary N) is 1. The van der Waals surface area contributed by atoms with E-state index in [9.17, 15) is 9.59 Å². The molecule has 1 heterocycles. The van der Waals surface area contributed by atoms with Gasteiger partial charge < -0.3 is 10.2 Å². The number of aryl methyl sites for hydroxylation is 1. The molecule has 1 aromatic rings. The fraction of sp³-hybridized carbons (Fsp3) is 0.500. The van der Waals surface area contributed by atoms with Crippen molar-refractivity contribution in [2.45, 2.75) is 33.2 Å². The van der Waals surface area contributed by atoms with Gasteiger partial charge in [-0.15, -0.1) is 0 Å². The van der Waals surface area contributed by atoms with E-state index in [0.717, 1.165) is 24.9 Å². The first-order valence-electron chi connectivity index (χ1n) is 7.15. The van der Waals surface area contributed by atoms with Crippen LogP contribution in [0.2, 0.25) is 0 Å². The smallest absolute Gasteiger partial charge is 0.225 e. The van der Waals surface area contributed by atoms with Crippen molar-refractivity contribution < 1.29 is 9.59 Å². The maximum absolute atomic E-state index is 12.2. The Balaban J connectivity index is 1.89. The first kappa shape index (κ1) is 14.6. The molecule has 0 radical (unpaired) electrons. The molecular formula is C16H22N2O2. The van der Waals surface area contributed by atoms with Crippen LogP contribution < -0.4 is 5.32 Å². The maximum atomic E-state index is 12.2. The van der Waals surface area contributed by atoms with Gasteiger partial charge in [-0.1, -0.05) is 24.3 Å². The molecule has 1 fully saturated rings. The lowest BCUT2D eigenvalue weighted by molar-refractivity contribution is -0.134. The quantitative estimate of drug-likeness (QED) is 0.914. The van der Waals surface area contributed by atoms with Gasteiger partial charge >= 0.3 is 0 Å². The Hall–Kier alpha value is -1.84. The van der Waals surface area contributed by atoms with Crippen LogP contribution >= 0.6 is 0 Å². The number of hydrogen-bond donors (Lipinski definition) is 1. The molecule has 2 amide bonds. The van der Waals surface area contributed by atoms with E-state index in [0.29, 0.717) is 13.1 Å². The average Bonchev–Trinajstić information content (AvgIpc) is 2.46. The van der Waals surface area contributed by atoms with Crippen LogP contribution in [0.15, 0.2) is 24.3 Å². The molecule has 1 saturated heterocycles. The minimum Gasteiger partial charge on any atom is -0.352 e. The molecule has 0 unspecified atom stereocenters. The molecule has 1 atom stereocenters. The van der Waals surface area contributed by atoms with E-state index in [1.807, 2.05) is 31.2 Å². The van der Waals surface area contributed by atoms with E-state index in [2.05, 4.69) is 5.32 Å². The predicted molar refractivity (Wildman–Crippen MR) is 78.0 cm³/mol. The van der Waals surface area contributed by atoms with Gasteiger partial charge in [0.1, 0.15) is 0 Å². The molecule has 0 aromatic heterocycles. The normalized spacial score (nSPS) is 18.7. The van der Waals surface area contributed by atoms with Gasteiger partial charge in [0.15, 0.2) is 0 Å². The van der Waals surface area contributed by atoms with Gasteiger partial charge in [0.2, 0.25) is 11.8 Å². The Morgan fingerprint density at radius 1 is 1.35 bits per heavy atom. The summed E-state index contributed by atoms with van der Waals surface area (Å²) < 4.78 is 0. The molecule has 0 spiro atoms. The Bertz CT molecular complexity index is 499. The van der Waals surface area contributed by atoms with Gasteiger partial charge in [0.05, 0.1) is 5.92 Å². The summed E-state index contributed by atoms with van der Waals surface area (Å²) >= 11 is 0. The highest BCUT2D eigenvalue weighted by Crippen LogP contribution is 2.17. The zero-order chi connectivity index (χ0) is 14.5. The number of carbonyl (C=O) groups excluding carboxylic acids is 2. The molecule has 1 aromatic carbocycles.